The summed E-state index contributed by atoms with van der Waals surface area (Å²) in [6.07, 6.45) is -0.445. The minimum Gasteiger partial charge on any atom is -0.450 e. The molecule has 5 heteroatoms. The first-order valence-electron chi connectivity index (χ1n) is 5.48. The zero-order chi connectivity index (χ0) is 12.4. The number of amides is 1. The number of hydrogen-bond acceptors (Lipinski definition) is 3. The molecule has 0 unspecified atom stereocenters. The number of carbonyl (C=O) groups excluding carboxylic acids is 1. The number of rotatable bonds is 2. The van der Waals surface area contributed by atoms with Crippen LogP contribution in [0.4, 0.5) is 10.5 Å². The second kappa shape index (κ2) is 4.45. The van der Waals surface area contributed by atoms with Gasteiger partial charge < -0.3 is 9.30 Å². The summed E-state index contributed by atoms with van der Waals surface area (Å²) in [7, 11) is 1.96. The molecule has 0 aliphatic heterocycles. The summed E-state index contributed by atoms with van der Waals surface area (Å²) in [5.41, 5.74) is 2.59. The number of nitrogens with zero attached hydrogens (tertiary/aromatic N) is 2. The van der Waals surface area contributed by atoms with Crippen LogP contribution in [0.1, 0.15) is 12.7 Å². The minimum atomic E-state index is -0.445. The van der Waals surface area contributed by atoms with Crippen molar-refractivity contribution >= 4 is 22.8 Å². The molecule has 1 aromatic carbocycles. The maximum absolute atomic E-state index is 11.3. The van der Waals surface area contributed by atoms with E-state index in [1.807, 2.05) is 36.7 Å². The summed E-state index contributed by atoms with van der Waals surface area (Å²) in [5, 5.41) is 2.65. The Kier molecular flexibility index (Phi) is 2.99. The molecule has 2 rings (SSSR count). The van der Waals surface area contributed by atoms with Crippen LogP contribution in [-0.4, -0.2) is 22.3 Å². The fraction of sp³-hybridized carbons (Fsp3) is 0.333. The Morgan fingerprint density at radius 2 is 2.29 bits per heavy atom. The molecule has 0 saturated heterocycles. The van der Waals surface area contributed by atoms with Crippen molar-refractivity contribution in [3.63, 3.8) is 0 Å². The summed E-state index contributed by atoms with van der Waals surface area (Å²) in [6, 6.07) is 5.59. The van der Waals surface area contributed by atoms with Crippen LogP contribution in [0.2, 0.25) is 0 Å². The normalized spacial score (nSPS) is 10.5. The van der Waals surface area contributed by atoms with Crippen LogP contribution in [0.5, 0.6) is 0 Å². The summed E-state index contributed by atoms with van der Waals surface area (Å²) >= 11 is 0. The minimum absolute atomic E-state index is 0.358. The highest BCUT2D eigenvalue weighted by atomic mass is 16.5. The number of aromatic nitrogens is 2. The van der Waals surface area contributed by atoms with E-state index in [1.54, 1.807) is 6.92 Å². The molecule has 1 amide bonds. The smallest absolute Gasteiger partial charge is 0.411 e. The van der Waals surface area contributed by atoms with Gasteiger partial charge in [0.1, 0.15) is 5.82 Å². The molecular formula is C12H15N3O2. The Hall–Kier alpha value is -2.04. The Morgan fingerprint density at radius 1 is 1.53 bits per heavy atom. The lowest BCUT2D eigenvalue weighted by molar-refractivity contribution is 0.168. The van der Waals surface area contributed by atoms with Crippen molar-refractivity contribution in [2.45, 2.75) is 13.8 Å². The van der Waals surface area contributed by atoms with E-state index >= 15 is 0 Å². The third-order valence-electron chi connectivity index (χ3n) is 2.63. The molecule has 0 bridgehead atoms. The number of aryl methyl sites for hydroxylation is 2. The lowest BCUT2D eigenvalue weighted by Gasteiger charge is -2.04. The van der Waals surface area contributed by atoms with Gasteiger partial charge in [0.05, 0.1) is 17.6 Å². The number of fused-ring (bicyclic) bond motifs is 1. The first kappa shape index (κ1) is 11.4. The number of anilines is 1. The Bertz CT molecular complexity index is 560. The van der Waals surface area contributed by atoms with Crippen LogP contribution in [0.25, 0.3) is 11.0 Å². The predicted molar refractivity (Wildman–Crippen MR) is 66.1 cm³/mol. The molecule has 0 fully saturated rings. The molecule has 1 N–H and O–H groups in total. The summed E-state index contributed by atoms with van der Waals surface area (Å²) in [5.74, 6) is 0.938. The molecule has 0 atom stereocenters. The van der Waals surface area contributed by atoms with Gasteiger partial charge in [-0.2, -0.15) is 0 Å². The maximum Gasteiger partial charge on any atom is 0.411 e. The highest BCUT2D eigenvalue weighted by Gasteiger charge is 2.06. The molecule has 0 saturated carbocycles. The zero-order valence-electron chi connectivity index (χ0n) is 10.2. The van der Waals surface area contributed by atoms with E-state index in [1.165, 1.54) is 0 Å². The molecule has 0 aliphatic carbocycles. The highest BCUT2D eigenvalue weighted by molar-refractivity contribution is 5.88. The fourth-order valence-electron chi connectivity index (χ4n) is 1.68. The maximum atomic E-state index is 11.3. The number of hydrogen-bond donors (Lipinski definition) is 1. The van der Waals surface area contributed by atoms with E-state index in [0.29, 0.717) is 12.3 Å². The van der Waals surface area contributed by atoms with Gasteiger partial charge in [0.15, 0.2) is 0 Å². The monoisotopic (exact) mass is 233 g/mol. The van der Waals surface area contributed by atoms with Gasteiger partial charge in [0.2, 0.25) is 0 Å². The molecule has 0 aliphatic rings. The first-order chi connectivity index (χ1) is 8.11. The molecule has 1 heterocycles. The fourth-order valence-corrected chi connectivity index (χ4v) is 1.68. The van der Waals surface area contributed by atoms with Crippen molar-refractivity contribution in [1.29, 1.82) is 0 Å². The SMILES string of the molecule is CCOC(=O)Nc1ccc2c(c1)nc(C)n2C. The molecule has 17 heavy (non-hydrogen) atoms. The Morgan fingerprint density at radius 3 is 3.00 bits per heavy atom. The van der Waals surface area contributed by atoms with Gasteiger partial charge in [-0.3, -0.25) is 5.32 Å². The quantitative estimate of drug-likeness (QED) is 0.866. The van der Waals surface area contributed by atoms with Gasteiger partial charge in [-0.05, 0) is 32.0 Å². The third kappa shape index (κ3) is 2.22. The second-order valence-electron chi connectivity index (χ2n) is 3.77. The van der Waals surface area contributed by atoms with Crippen molar-refractivity contribution in [2.24, 2.45) is 7.05 Å². The number of ether oxygens (including phenoxy) is 1. The van der Waals surface area contributed by atoms with E-state index in [-0.39, 0.29) is 0 Å². The van der Waals surface area contributed by atoms with Crippen LogP contribution in [0.3, 0.4) is 0 Å². The summed E-state index contributed by atoms with van der Waals surface area (Å²) in [6.45, 7) is 4.07. The Labute approximate surface area is 99.4 Å². The molecular weight excluding hydrogens is 218 g/mol. The van der Waals surface area contributed by atoms with Crippen LogP contribution < -0.4 is 5.32 Å². The van der Waals surface area contributed by atoms with Crippen LogP contribution in [0.15, 0.2) is 18.2 Å². The third-order valence-corrected chi connectivity index (χ3v) is 2.63. The average molecular weight is 233 g/mol. The topological polar surface area (TPSA) is 56.1 Å². The van der Waals surface area contributed by atoms with Crippen molar-refractivity contribution in [3.05, 3.63) is 24.0 Å². The van der Waals surface area contributed by atoms with E-state index in [0.717, 1.165) is 16.9 Å². The first-order valence-corrected chi connectivity index (χ1v) is 5.48. The van der Waals surface area contributed by atoms with Gasteiger partial charge >= 0.3 is 6.09 Å². The van der Waals surface area contributed by atoms with Crippen molar-refractivity contribution < 1.29 is 9.53 Å². The van der Waals surface area contributed by atoms with E-state index in [9.17, 15) is 4.79 Å². The number of nitrogens with one attached hydrogen (secondary N) is 1. The van der Waals surface area contributed by atoms with Crippen molar-refractivity contribution in [1.82, 2.24) is 9.55 Å². The lowest BCUT2D eigenvalue weighted by atomic mass is 10.3. The van der Waals surface area contributed by atoms with Gasteiger partial charge in [-0.25, -0.2) is 9.78 Å². The van der Waals surface area contributed by atoms with E-state index in [4.69, 9.17) is 4.74 Å². The van der Waals surface area contributed by atoms with Gasteiger partial charge in [0.25, 0.3) is 0 Å². The zero-order valence-corrected chi connectivity index (χ0v) is 10.2. The summed E-state index contributed by atoms with van der Waals surface area (Å²) in [4.78, 5) is 15.7. The molecule has 1 aromatic heterocycles. The van der Waals surface area contributed by atoms with Crippen LogP contribution >= 0.6 is 0 Å². The van der Waals surface area contributed by atoms with Gasteiger partial charge in [0, 0.05) is 12.7 Å². The average Bonchev–Trinajstić information content (AvgIpc) is 2.55. The van der Waals surface area contributed by atoms with Crippen LogP contribution in [0, 0.1) is 6.92 Å². The van der Waals surface area contributed by atoms with Gasteiger partial charge in [-0.1, -0.05) is 0 Å². The number of carbonyl (C=O) groups is 1. The molecule has 2 aromatic rings. The van der Waals surface area contributed by atoms with Crippen molar-refractivity contribution in [2.75, 3.05) is 11.9 Å². The van der Waals surface area contributed by atoms with Crippen molar-refractivity contribution in [3.8, 4) is 0 Å². The molecule has 0 spiro atoms. The number of benzene rings is 1. The second-order valence-corrected chi connectivity index (χ2v) is 3.77. The van der Waals surface area contributed by atoms with E-state index in [2.05, 4.69) is 10.3 Å². The number of imidazole rings is 1. The van der Waals surface area contributed by atoms with E-state index < -0.39 is 6.09 Å². The molecule has 5 nitrogen and oxygen atoms in total. The summed E-state index contributed by atoms with van der Waals surface area (Å²) < 4.78 is 6.81. The molecule has 0 radical (unpaired) electrons. The largest absolute Gasteiger partial charge is 0.450 e. The lowest BCUT2D eigenvalue weighted by Crippen LogP contribution is -2.13. The van der Waals surface area contributed by atoms with Crippen LogP contribution in [-0.2, 0) is 11.8 Å². The standard InChI is InChI=1S/C12H15N3O2/c1-4-17-12(16)14-9-5-6-11-10(7-9)13-8(2)15(11)3/h5-7H,4H2,1-3H3,(H,14,16). The van der Waals surface area contributed by atoms with Gasteiger partial charge in [-0.15, -0.1) is 0 Å². The Balaban J connectivity index is 2.29. The molecule has 90 valence electrons. The highest BCUT2D eigenvalue weighted by Crippen LogP contribution is 2.19. The predicted octanol–water partition coefficient (Wildman–Crippen LogP) is 2.45.